The van der Waals surface area contributed by atoms with E-state index in [0.717, 1.165) is 16.9 Å². The zero-order valence-electron chi connectivity index (χ0n) is 10.6. The summed E-state index contributed by atoms with van der Waals surface area (Å²) in [6, 6.07) is 3.66. The molecule has 1 aromatic carbocycles. The van der Waals surface area contributed by atoms with Crippen LogP contribution in [0.1, 0.15) is 29.2 Å². The molecule has 2 unspecified atom stereocenters. The molecule has 1 aromatic rings. The van der Waals surface area contributed by atoms with Crippen LogP contribution >= 0.6 is 0 Å². The third-order valence-electron chi connectivity index (χ3n) is 2.86. The highest BCUT2D eigenvalue weighted by molar-refractivity contribution is 5.44. The number of benzene rings is 1. The summed E-state index contributed by atoms with van der Waals surface area (Å²) in [6.45, 7) is 4.18. The highest BCUT2D eigenvalue weighted by atomic mass is 16.5. The lowest BCUT2D eigenvalue weighted by Gasteiger charge is -2.19. The van der Waals surface area contributed by atoms with Gasteiger partial charge < -0.3 is 20.7 Å². The van der Waals surface area contributed by atoms with Gasteiger partial charge in [-0.15, -0.1) is 0 Å². The summed E-state index contributed by atoms with van der Waals surface area (Å²) in [4.78, 5) is 0. The molecule has 0 amide bonds. The Bertz CT molecular complexity index is 356. The number of methoxy groups -OCH3 is 1. The van der Waals surface area contributed by atoms with Gasteiger partial charge in [-0.05, 0) is 55.6 Å². The summed E-state index contributed by atoms with van der Waals surface area (Å²) in [6.07, 6.45) is -1.35. The minimum absolute atomic E-state index is 0.354. The first-order valence-electron chi connectivity index (χ1n) is 5.72. The molecule has 0 saturated carbocycles. The van der Waals surface area contributed by atoms with Gasteiger partial charge in [0.15, 0.2) is 0 Å². The monoisotopic (exact) mass is 239 g/mol. The van der Waals surface area contributed by atoms with Crippen molar-refractivity contribution in [3.05, 3.63) is 28.8 Å². The zero-order valence-corrected chi connectivity index (χ0v) is 10.6. The standard InChI is InChI=1S/C13H21NO3/c1-8-6-10(7-9(2)13(8)17-3)12(16)11(15)4-5-14/h6-7,11-12,15-16H,4-5,14H2,1-3H3. The van der Waals surface area contributed by atoms with Gasteiger partial charge in [0.2, 0.25) is 0 Å². The third-order valence-corrected chi connectivity index (χ3v) is 2.86. The van der Waals surface area contributed by atoms with Crippen LogP contribution in [0.15, 0.2) is 12.1 Å². The number of aryl methyl sites for hydroxylation is 2. The predicted octanol–water partition coefficient (Wildman–Crippen LogP) is 1.06. The van der Waals surface area contributed by atoms with Crippen LogP contribution in [0.2, 0.25) is 0 Å². The molecule has 0 heterocycles. The van der Waals surface area contributed by atoms with Crippen LogP contribution in [0.5, 0.6) is 5.75 Å². The van der Waals surface area contributed by atoms with Crippen LogP contribution < -0.4 is 10.5 Å². The van der Waals surface area contributed by atoms with Crippen LogP contribution in [0.25, 0.3) is 0 Å². The Kier molecular flexibility index (Phi) is 4.93. The predicted molar refractivity (Wildman–Crippen MR) is 67.1 cm³/mol. The Morgan fingerprint density at radius 3 is 2.18 bits per heavy atom. The number of aliphatic hydroxyl groups excluding tert-OH is 2. The molecule has 0 aliphatic carbocycles. The fourth-order valence-corrected chi connectivity index (χ4v) is 2.03. The molecule has 4 N–H and O–H groups in total. The van der Waals surface area contributed by atoms with Crippen LogP contribution in [0.3, 0.4) is 0 Å². The fraction of sp³-hybridized carbons (Fsp3) is 0.538. The van der Waals surface area contributed by atoms with E-state index in [4.69, 9.17) is 10.5 Å². The van der Waals surface area contributed by atoms with Crippen LogP contribution in [-0.2, 0) is 0 Å². The van der Waals surface area contributed by atoms with E-state index >= 15 is 0 Å². The maximum atomic E-state index is 9.99. The Morgan fingerprint density at radius 1 is 1.24 bits per heavy atom. The zero-order chi connectivity index (χ0) is 13.0. The van der Waals surface area contributed by atoms with Crippen molar-refractivity contribution >= 4 is 0 Å². The summed E-state index contributed by atoms with van der Waals surface area (Å²) in [5.41, 5.74) is 7.95. The molecule has 1 rings (SSSR count). The van der Waals surface area contributed by atoms with Gasteiger partial charge in [-0.1, -0.05) is 0 Å². The van der Waals surface area contributed by atoms with Gasteiger partial charge in [-0.25, -0.2) is 0 Å². The van der Waals surface area contributed by atoms with Crippen LogP contribution in [0, 0.1) is 13.8 Å². The van der Waals surface area contributed by atoms with E-state index in [1.54, 1.807) is 7.11 Å². The van der Waals surface area contributed by atoms with Crippen molar-refractivity contribution in [2.45, 2.75) is 32.5 Å². The second kappa shape index (κ2) is 6.00. The summed E-state index contributed by atoms with van der Waals surface area (Å²) in [5, 5.41) is 19.7. The quantitative estimate of drug-likeness (QED) is 0.718. The lowest BCUT2D eigenvalue weighted by molar-refractivity contribution is 0.0149. The first-order valence-corrected chi connectivity index (χ1v) is 5.72. The van der Waals surface area contributed by atoms with E-state index in [1.807, 2.05) is 26.0 Å². The van der Waals surface area contributed by atoms with E-state index in [-0.39, 0.29) is 0 Å². The Morgan fingerprint density at radius 2 is 1.76 bits per heavy atom. The molecule has 0 bridgehead atoms. The number of hydrogen-bond donors (Lipinski definition) is 3. The highest BCUT2D eigenvalue weighted by Crippen LogP contribution is 2.28. The molecule has 0 spiro atoms. The normalized spacial score (nSPS) is 14.5. The van der Waals surface area contributed by atoms with Crippen molar-refractivity contribution in [1.29, 1.82) is 0 Å². The SMILES string of the molecule is COc1c(C)cc(C(O)C(O)CCN)cc1C. The number of nitrogens with two attached hydrogens (primary N) is 1. The van der Waals surface area contributed by atoms with Gasteiger partial charge in [0, 0.05) is 0 Å². The topological polar surface area (TPSA) is 75.7 Å². The van der Waals surface area contributed by atoms with E-state index in [2.05, 4.69) is 0 Å². The molecule has 0 radical (unpaired) electrons. The Hall–Kier alpha value is -1.10. The minimum atomic E-state index is -0.901. The summed E-state index contributed by atoms with van der Waals surface area (Å²) < 4.78 is 5.25. The first-order chi connectivity index (χ1) is 8.01. The Labute approximate surface area is 102 Å². The average Bonchev–Trinajstić information content (AvgIpc) is 2.27. The van der Waals surface area contributed by atoms with E-state index < -0.39 is 12.2 Å². The molecule has 17 heavy (non-hydrogen) atoms. The van der Waals surface area contributed by atoms with Gasteiger partial charge in [-0.3, -0.25) is 0 Å². The fourth-order valence-electron chi connectivity index (χ4n) is 2.03. The van der Waals surface area contributed by atoms with Crippen LogP contribution in [-0.4, -0.2) is 30.0 Å². The van der Waals surface area contributed by atoms with Crippen molar-refractivity contribution in [2.24, 2.45) is 5.73 Å². The Balaban J connectivity index is 2.99. The summed E-state index contributed by atoms with van der Waals surface area (Å²) in [7, 11) is 1.62. The molecular formula is C13H21NO3. The molecule has 0 aliphatic heterocycles. The van der Waals surface area contributed by atoms with E-state index in [0.29, 0.717) is 18.5 Å². The minimum Gasteiger partial charge on any atom is -0.496 e. The number of hydrogen-bond acceptors (Lipinski definition) is 4. The molecule has 0 aliphatic rings. The first kappa shape index (κ1) is 14.0. The average molecular weight is 239 g/mol. The van der Waals surface area contributed by atoms with E-state index in [9.17, 15) is 10.2 Å². The lowest BCUT2D eigenvalue weighted by Crippen LogP contribution is -2.22. The van der Waals surface area contributed by atoms with Gasteiger partial charge >= 0.3 is 0 Å². The van der Waals surface area contributed by atoms with Gasteiger partial charge in [0.1, 0.15) is 11.9 Å². The number of rotatable bonds is 5. The largest absolute Gasteiger partial charge is 0.496 e. The van der Waals surface area contributed by atoms with Crippen LogP contribution in [0.4, 0.5) is 0 Å². The van der Waals surface area contributed by atoms with Gasteiger partial charge in [0.05, 0.1) is 13.2 Å². The lowest BCUT2D eigenvalue weighted by atomic mass is 9.97. The van der Waals surface area contributed by atoms with Crippen molar-refractivity contribution in [2.75, 3.05) is 13.7 Å². The van der Waals surface area contributed by atoms with Crippen molar-refractivity contribution < 1.29 is 14.9 Å². The second-order valence-electron chi connectivity index (χ2n) is 4.28. The molecule has 0 aromatic heterocycles. The molecule has 96 valence electrons. The molecule has 4 nitrogen and oxygen atoms in total. The maximum absolute atomic E-state index is 9.99. The van der Waals surface area contributed by atoms with Gasteiger partial charge in [-0.2, -0.15) is 0 Å². The molecule has 2 atom stereocenters. The van der Waals surface area contributed by atoms with E-state index in [1.165, 1.54) is 0 Å². The third kappa shape index (κ3) is 3.19. The van der Waals surface area contributed by atoms with Gasteiger partial charge in [0.25, 0.3) is 0 Å². The maximum Gasteiger partial charge on any atom is 0.124 e. The second-order valence-corrected chi connectivity index (χ2v) is 4.28. The molecule has 4 heteroatoms. The number of aliphatic hydroxyl groups is 2. The molecule has 0 saturated heterocycles. The number of ether oxygens (including phenoxy) is 1. The highest BCUT2D eigenvalue weighted by Gasteiger charge is 2.19. The summed E-state index contributed by atoms with van der Waals surface area (Å²) >= 11 is 0. The van der Waals surface area contributed by atoms with Crippen molar-refractivity contribution in [3.63, 3.8) is 0 Å². The van der Waals surface area contributed by atoms with Crippen molar-refractivity contribution in [1.82, 2.24) is 0 Å². The van der Waals surface area contributed by atoms with Crippen molar-refractivity contribution in [3.8, 4) is 5.75 Å². The molecule has 0 fully saturated rings. The molecular weight excluding hydrogens is 218 g/mol. The smallest absolute Gasteiger partial charge is 0.124 e. The summed E-state index contributed by atoms with van der Waals surface area (Å²) in [5.74, 6) is 0.814.